The lowest BCUT2D eigenvalue weighted by Crippen LogP contribution is -2.20. The summed E-state index contributed by atoms with van der Waals surface area (Å²) >= 11 is 0. The van der Waals surface area contributed by atoms with Crippen molar-refractivity contribution >= 4 is 0 Å². The minimum atomic E-state index is -0.862. The van der Waals surface area contributed by atoms with Crippen LogP contribution in [0.5, 0.6) is 5.75 Å². The maximum atomic E-state index is 9.99. The van der Waals surface area contributed by atoms with Crippen LogP contribution in [-0.2, 0) is 5.60 Å². The Kier molecular flexibility index (Phi) is 2.88. The number of ether oxygens (including phenoxy) is 1. The molecule has 0 spiro atoms. The van der Waals surface area contributed by atoms with Gasteiger partial charge in [0.05, 0.1) is 12.7 Å². The summed E-state index contributed by atoms with van der Waals surface area (Å²) in [6.07, 6.45) is 3.92. The van der Waals surface area contributed by atoms with E-state index in [1.165, 1.54) is 0 Å². The minimum Gasteiger partial charge on any atom is -0.496 e. The van der Waals surface area contributed by atoms with Crippen LogP contribution in [0.1, 0.15) is 25.8 Å². The average Bonchev–Trinajstić information content (AvgIpc) is 2.18. The number of hydrogen-bond donors (Lipinski definition) is 1. The van der Waals surface area contributed by atoms with Crippen molar-refractivity contribution in [3.05, 3.63) is 24.0 Å². The molecule has 1 aromatic rings. The van der Waals surface area contributed by atoms with Gasteiger partial charge in [-0.25, -0.2) is 0 Å². The molecule has 1 aromatic heterocycles. The molecule has 0 aliphatic rings. The molecule has 0 aliphatic heterocycles. The third kappa shape index (κ3) is 1.98. The Hall–Kier alpha value is -1.09. The van der Waals surface area contributed by atoms with E-state index in [1.54, 1.807) is 32.5 Å². The summed E-state index contributed by atoms with van der Waals surface area (Å²) in [7, 11) is 1.59. The van der Waals surface area contributed by atoms with Crippen molar-refractivity contribution in [1.29, 1.82) is 0 Å². The Balaban J connectivity index is 3.12. The van der Waals surface area contributed by atoms with Crippen molar-refractivity contribution in [2.75, 3.05) is 7.11 Å². The highest BCUT2D eigenvalue weighted by Crippen LogP contribution is 2.30. The zero-order valence-corrected chi connectivity index (χ0v) is 8.24. The van der Waals surface area contributed by atoms with Gasteiger partial charge in [-0.15, -0.1) is 0 Å². The molecular formula is C10H15NO2. The second-order valence-corrected chi connectivity index (χ2v) is 3.20. The first kappa shape index (κ1) is 9.99. The quantitative estimate of drug-likeness (QED) is 0.771. The van der Waals surface area contributed by atoms with Gasteiger partial charge in [-0.05, 0) is 19.4 Å². The van der Waals surface area contributed by atoms with E-state index in [4.69, 9.17) is 4.74 Å². The van der Waals surface area contributed by atoms with Crippen molar-refractivity contribution in [1.82, 2.24) is 4.98 Å². The Bertz CT molecular complexity index is 284. The predicted octanol–water partition coefficient (Wildman–Crippen LogP) is 1.71. The standard InChI is InChI=1S/C10H15NO2/c1-4-10(2,12)8-7-11-6-5-9(8)13-3/h5-7,12H,4H2,1-3H3. The average molecular weight is 181 g/mol. The largest absolute Gasteiger partial charge is 0.496 e. The smallest absolute Gasteiger partial charge is 0.128 e. The van der Waals surface area contributed by atoms with Gasteiger partial charge in [0.1, 0.15) is 5.75 Å². The van der Waals surface area contributed by atoms with E-state index in [0.717, 1.165) is 5.56 Å². The second-order valence-electron chi connectivity index (χ2n) is 3.20. The SMILES string of the molecule is CCC(C)(O)c1cnccc1OC. The minimum absolute atomic E-state index is 0.634. The summed E-state index contributed by atoms with van der Waals surface area (Å²) in [6.45, 7) is 3.68. The lowest BCUT2D eigenvalue weighted by atomic mass is 9.94. The van der Waals surface area contributed by atoms with Gasteiger partial charge in [0.25, 0.3) is 0 Å². The molecule has 1 N–H and O–H groups in total. The molecule has 13 heavy (non-hydrogen) atoms. The normalized spacial score (nSPS) is 15.1. The highest BCUT2D eigenvalue weighted by molar-refractivity contribution is 5.34. The van der Waals surface area contributed by atoms with Crippen LogP contribution in [0, 0.1) is 0 Å². The van der Waals surface area contributed by atoms with E-state index in [0.29, 0.717) is 12.2 Å². The fraction of sp³-hybridized carbons (Fsp3) is 0.500. The zero-order valence-electron chi connectivity index (χ0n) is 8.24. The van der Waals surface area contributed by atoms with E-state index < -0.39 is 5.60 Å². The maximum Gasteiger partial charge on any atom is 0.128 e. The first-order valence-corrected chi connectivity index (χ1v) is 4.32. The maximum absolute atomic E-state index is 9.99. The molecule has 0 saturated carbocycles. The third-order valence-electron chi connectivity index (χ3n) is 2.27. The van der Waals surface area contributed by atoms with Crippen molar-refractivity contribution in [2.24, 2.45) is 0 Å². The monoisotopic (exact) mass is 181 g/mol. The van der Waals surface area contributed by atoms with Crippen LogP contribution in [0.4, 0.5) is 0 Å². The van der Waals surface area contributed by atoms with Crippen LogP contribution < -0.4 is 4.74 Å². The van der Waals surface area contributed by atoms with Crippen molar-refractivity contribution in [3.63, 3.8) is 0 Å². The topological polar surface area (TPSA) is 42.4 Å². The lowest BCUT2D eigenvalue weighted by molar-refractivity contribution is 0.0501. The second kappa shape index (κ2) is 3.75. The highest BCUT2D eigenvalue weighted by atomic mass is 16.5. The summed E-state index contributed by atoms with van der Waals surface area (Å²) < 4.78 is 5.13. The number of methoxy groups -OCH3 is 1. The molecule has 1 unspecified atom stereocenters. The summed E-state index contributed by atoms with van der Waals surface area (Å²) in [4.78, 5) is 3.97. The fourth-order valence-corrected chi connectivity index (χ4v) is 1.15. The molecule has 0 aromatic carbocycles. The van der Waals surface area contributed by atoms with Gasteiger partial charge in [0, 0.05) is 18.0 Å². The summed E-state index contributed by atoms with van der Waals surface area (Å²) in [5.41, 5.74) is -0.125. The number of hydrogen-bond acceptors (Lipinski definition) is 3. The van der Waals surface area contributed by atoms with Gasteiger partial charge in [-0.2, -0.15) is 0 Å². The number of aliphatic hydroxyl groups is 1. The molecule has 3 heteroatoms. The van der Waals surface area contributed by atoms with E-state index in [1.807, 2.05) is 6.92 Å². The molecule has 1 atom stereocenters. The van der Waals surface area contributed by atoms with Crippen LogP contribution >= 0.6 is 0 Å². The molecule has 1 rings (SSSR count). The Labute approximate surface area is 78.4 Å². The highest BCUT2D eigenvalue weighted by Gasteiger charge is 2.24. The number of rotatable bonds is 3. The van der Waals surface area contributed by atoms with Crippen LogP contribution in [0.25, 0.3) is 0 Å². The Morgan fingerprint density at radius 2 is 2.31 bits per heavy atom. The van der Waals surface area contributed by atoms with Crippen molar-refractivity contribution in [3.8, 4) is 5.75 Å². The number of nitrogens with zero attached hydrogens (tertiary/aromatic N) is 1. The number of pyridine rings is 1. The van der Waals surface area contributed by atoms with Crippen LogP contribution in [0.2, 0.25) is 0 Å². The molecule has 0 aliphatic carbocycles. The molecule has 0 radical (unpaired) electrons. The van der Waals surface area contributed by atoms with Crippen molar-refractivity contribution < 1.29 is 9.84 Å². The first-order valence-electron chi connectivity index (χ1n) is 4.32. The lowest BCUT2D eigenvalue weighted by Gasteiger charge is -2.23. The van der Waals surface area contributed by atoms with Gasteiger partial charge in [0.15, 0.2) is 0 Å². The van der Waals surface area contributed by atoms with E-state index >= 15 is 0 Å². The zero-order chi connectivity index (χ0) is 9.90. The molecule has 0 bridgehead atoms. The van der Waals surface area contributed by atoms with Gasteiger partial charge in [-0.1, -0.05) is 6.92 Å². The molecule has 0 saturated heterocycles. The molecule has 0 amide bonds. The molecule has 1 heterocycles. The van der Waals surface area contributed by atoms with Crippen LogP contribution in [-0.4, -0.2) is 17.2 Å². The van der Waals surface area contributed by atoms with E-state index in [2.05, 4.69) is 4.98 Å². The summed E-state index contributed by atoms with van der Waals surface area (Å²) in [5.74, 6) is 0.682. The summed E-state index contributed by atoms with van der Waals surface area (Å²) in [6, 6.07) is 1.75. The first-order chi connectivity index (χ1) is 6.11. The van der Waals surface area contributed by atoms with E-state index in [9.17, 15) is 5.11 Å². The van der Waals surface area contributed by atoms with Gasteiger partial charge in [-0.3, -0.25) is 4.98 Å². The van der Waals surface area contributed by atoms with Gasteiger partial charge in [0.2, 0.25) is 0 Å². The molecule has 72 valence electrons. The third-order valence-corrected chi connectivity index (χ3v) is 2.27. The molecule has 3 nitrogen and oxygen atoms in total. The van der Waals surface area contributed by atoms with Crippen molar-refractivity contribution in [2.45, 2.75) is 25.9 Å². The van der Waals surface area contributed by atoms with Gasteiger partial charge < -0.3 is 9.84 Å². The van der Waals surface area contributed by atoms with Gasteiger partial charge >= 0.3 is 0 Å². The predicted molar refractivity (Wildman–Crippen MR) is 50.7 cm³/mol. The summed E-state index contributed by atoms with van der Waals surface area (Å²) in [5, 5.41) is 9.99. The molecule has 0 fully saturated rings. The fourth-order valence-electron chi connectivity index (χ4n) is 1.15. The Morgan fingerprint density at radius 3 is 2.85 bits per heavy atom. The molecular weight excluding hydrogens is 166 g/mol. The van der Waals surface area contributed by atoms with Crippen LogP contribution in [0.3, 0.4) is 0 Å². The van der Waals surface area contributed by atoms with Crippen LogP contribution in [0.15, 0.2) is 18.5 Å². The Morgan fingerprint density at radius 1 is 1.62 bits per heavy atom. The number of aromatic nitrogens is 1. The van der Waals surface area contributed by atoms with E-state index in [-0.39, 0.29) is 0 Å².